The van der Waals surface area contributed by atoms with E-state index in [1.54, 1.807) is 0 Å². The van der Waals surface area contributed by atoms with E-state index < -0.39 is 18.2 Å². The van der Waals surface area contributed by atoms with Gasteiger partial charge in [-0.2, -0.15) is 0 Å². The molecule has 5 nitrogen and oxygen atoms in total. The second-order valence-corrected chi connectivity index (χ2v) is 21.7. The minimum Gasteiger partial charge on any atom is -0.394 e. The fraction of sp³-hybridized carbons (Fsp3) is 0.984. The molecule has 0 aromatic carbocycles. The maximum absolute atomic E-state index is 12.6. The Hall–Kier alpha value is -0.650. The lowest BCUT2D eigenvalue weighted by Gasteiger charge is -2.23. The predicted octanol–water partition coefficient (Wildman–Crippen LogP) is 19.3. The first-order valence-corrected chi connectivity index (χ1v) is 30.8. The molecule has 0 saturated heterocycles. The van der Waals surface area contributed by atoms with Crippen molar-refractivity contribution in [2.45, 2.75) is 379 Å². The number of nitrogens with one attached hydrogen (secondary N) is 1. The predicted molar refractivity (Wildman–Crippen MR) is 292 cm³/mol. The SMILES string of the molecule is CCCCCCCCCCCCCCCCCCCCCCCCCCCCCCCCCCCC(O)CC(=O)NC(CO)C(O)CCCCCCCCCCCCCCCCCCCC. The van der Waals surface area contributed by atoms with Crippen molar-refractivity contribution in [1.29, 1.82) is 0 Å². The number of carbonyl (C=O) groups excluding carboxylic acids is 1. The van der Waals surface area contributed by atoms with Crippen LogP contribution in [0.25, 0.3) is 0 Å². The van der Waals surface area contributed by atoms with Crippen LogP contribution < -0.4 is 5.32 Å². The van der Waals surface area contributed by atoms with Gasteiger partial charge in [0.25, 0.3) is 0 Å². The van der Waals surface area contributed by atoms with Crippen molar-refractivity contribution in [2.75, 3.05) is 6.61 Å². The Morgan fingerprint density at radius 1 is 0.318 bits per heavy atom. The smallest absolute Gasteiger partial charge is 0.222 e. The maximum atomic E-state index is 12.6. The molecular weight excluding hydrogens is 811 g/mol. The Kier molecular flexibility index (Phi) is 56.4. The van der Waals surface area contributed by atoms with Crippen LogP contribution in [-0.2, 0) is 4.79 Å². The molecule has 0 spiro atoms. The molecule has 0 aliphatic rings. The van der Waals surface area contributed by atoms with Crippen LogP contribution in [0.5, 0.6) is 0 Å². The number of aliphatic hydroxyl groups is 3. The highest BCUT2D eigenvalue weighted by Crippen LogP contribution is 2.19. The summed E-state index contributed by atoms with van der Waals surface area (Å²) < 4.78 is 0. The molecular formula is C61H123NO4. The van der Waals surface area contributed by atoms with E-state index in [1.807, 2.05) is 0 Å². The molecule has 396 valence electrons. The van der Waals surface area contributed by atoms with Gasteiger partial charge in [-0.05, 0) is 12.8 Å². The summed E-state index contributed by atoms with van der Waals surface area (Å²) >= 11 is 0. The van der Waals surface area contributed by atoms with E-state index in [4.69, 9.17) is 0 Å². The summed E-state index contributed by atoms with van der Waals surface area (Å²) in [7, 11) is 0. The van der Waals surface area contributed by atoms with E-state index in [2.05, 4.69) is 19.2 Å². The molecule has 66 heavy (non-hydrogen) atoms. The van der Waals surface area contributed by atoms with Crippen molar-refractivity contribution in [3.05, 3.63) is 0 Å². The summed E-state index contributed by atoms with van der Waals surface area (Å²) in [6.45, 7) is 4.31. The largest absolute Gasteiger partial charge is 0.394 e. The van der Waals surface area contributed by atoms with Gasteiger partial charge < -0.3 is 20.6 Å². The third-order valence-electron chi connectivity index (χ3n) is 14.9. The Morgan fingerprint density at radius 3 is 0.727 bits per heavy atom. The Bertz CT molecular complexity index is 898. The zero-order valence-electron chi connectivity index (χ0n) is 45.4. The molecule has 0 heterocycles. The summed E-state index contributed by atoms with van der Waals surface area (Å²) in [5.74, 6) is -0.274. The van der Waals surface area contributed by atoms with Crippen LogP contribution in [0.1, 0.15) is 361 Å². The van der Waals surface area contributed by atoms with Gasteiger partial charge in [0.05, 0.1) is 31.3 Å². The lowest BCUT2D eigenvalue weighted by Crippen LogP contribution is -2.46. The molecule has 0 fully saturated rings. The first-order chi connectivity index (χ1) is 32.5. The average molecular weight is 935 g/mol. The van der Waals surface area contributed by atoms with E-state index in [-0.39, 0.29) is 18.9 Å². The zero-order chi connectivity index (χ0) is 47.9. The summed E-state index contributed by atoms with van der Waals surface area (Å²) in [5, 5.41) is 33.7. The lowest BCUT2D eigenvalue weighted by molar-refractivity contribution is -0.125. The van der Waals surface area contributed by atoms with Crippen molar-refractivity contribution < 1.29 is 20.1 Å². The van der Waals surface area contributed by atoms with Gasteiger partial charge in [0.15, 0.2) is 0 Å². The van der Waals surface area contributed by atoms with Crippen LogP contribution in [0, 0.1) is 0 Å². The number of hydrogen-bond donors (Lipinski definition) is 4. The monoisotopic (exact) mass is 934 g/mol. The topological polar surface area (TPSA) is 89.8 Å². The van der Waals surface area contributed by atoms with Gasteiger partial charge >= 0.3 is 0 Å². The van der Waals surface area contributed by atoms with E-state index in [9.17, 15) is 20.1 Å². The highest BCUT2D eigenvalue weighted by atomic mass is 16.3. The molecule has 3 atom stereocenters. The third kappa shape index (κ3) is 52.7. The molecule has 0 rings (SSSR count). The van der Waals surface area contributed by atoms with E-state index >= 15 is 0 Å². The van der Waals surface area contributed by atoms with E-state index in [1.165, 1.54) is 302 Å². The van der Waals surface area contributed by atoms with Crippen molar-refractivity contribution in [3.63, 3.8) is 0 Å². The standard InChI is InChI=1S/C61H123NO4/c1-3-5-7-9-11-13-15-17-19-21-23-24-25-26-27-28-29-30-31-32-33-34-35-36-37-38-40-42-44-46-48-50-52-54-58(64)56-61(66)62-59(57-63)60(65)55-53-51-49-47-45-43-41-39-22-20-18-16-14-12-10-8-6-4-2/h58-60,63-65H,3-57H2,1-2H3,(H,62,66). The summed E-state index contributed by atoms with van der Waals surface area (Å²) in [4.78, 5) is 12.6. The van der Waals surface area contributed by atoms with E-state index in [0.717, 1.165) is 25.7 Å². The molecule has 0 aromatic heterocycles. The lowest BCUT2D eigenvalue weighted by atomic mass is 10.0. The molecule has 0 saturated carbocycles. The number of rotatable bonds is 58. The Morgan fingerprint density at radius 2 is 0.515 bits per heavy atom. The van der Waals surface area contributed by atoms with Crippen molar-refractivity contribution in [1.82, 2.24) is 5.32 Å². The minimum atomic E-state index is -0.745. The second kappa shape index (κ2) is 56.9. The fourth-order valence-electron chi connectivity index (χ4n) is 10.2. The number of aliphatic hydroxyl groups excluding tert-OH is 3. The Labute approximate surface area is 415 Å². The van der Waals surface area contributed by atoms with Gasteiger partial charge in [0, 0.05) is 0 Å². The molecule has 3 unspecified atom stereocenters. The summed E-state index contributed by atoms with van der Waals surface area (Å²) in [6.07, 6.45) is 70.1. The van der Waals surface area contributed by atoms with Crippen LogP contribution in [0.3, 0.4) is 0 Å². The van der Waals surface area contributed by atoms with Crippen LogP contribution in [0.2, 0.25) is 0 Å². The fourth-order valence-corrected chi connectivity index (χ4v) is 10.2. The molecule has 1 amide bonds. The van der Waals surface area contributed by atoms with Crippen molar-refractivity contribution >= 4 is 5.91 Å². The molecule has 0 radical (unpaired) electrons. The third-order valence-corrected chi connectivity index (χ3v) is 14.9. The number of unbranched alkanes of at least 4 members (excludes halogenated alkanes) is 49. The summed E-state index contributed by atoms with van der Waals surface area (Å²) in [5.41, 5.74) is 0. The number of amides is 1. The number of carbonyl (C=O) groups is 1. The first kappa shape index (κ1) is 65.3. The first-order valence-electron chi connectivity index (χ1n) is 30.8. The Balaban J connectivity index is 3.43. The molecule has 0 bridgehead atoms. The zero-order valence-corrected chi connectivity index (χ0v) is 45.4. The van der Waals surface area contributed by atoms with Crippen LogP contribution >= 0.6 is 0 Å². The van der Waals surface area contributed by atoms with Gasteiger partial charge in [-0.1, -0.05) is 341 Å². The van der Waals surface area contributed by atoms with Gasteiger partial charge in [-0.25, -0.2) is 0 Å². The minimum absolute atomic E-state index is 0.0437. The van der Waals surface area contributed by atoms with Crippen LogP contribution in [0.15, 0.2) is 0 Å². The molecule has 0 aliphatic carbocycles. The molecule has 5 heteroatoms. The average Bonchev–Trinajstić information content (AvgIpc) is 3.31. The van der Waals surface area contributed by atoms with Crippen molar-refractivity contribution in [3.8, 4) is 0 Å². The second-order valence-electron chi connectivity index (χ2n) is 21.7. The van der Waals surface area contributed by atoms with Gasteiger partial charge in [0.2, 0.25) is 5.91 Å². The molecule has 0 aliphatic heterocycles. The van der Waals surface area contributed by atoms with E-state index in [0.29, 0.717) is 12.8 Å². The van der Waals surface area contributed by atoms with Crippen molar-refractivity contribution in [2.24, 2.45) is 0 Å². The summed E-state index contributed by atoms with van der Waals surface area (Å²) in [6, 6.07) is -0.654. The highest BCUT2D eigenvalue weighted by molar-refractivity contribution is 5.76. The van der Waals surface area contributed by atoms with Gasteiger partial charge in [0.1, 0.15) is 0 Å². The van der Waals surface area contributed by atoms with Crippen LogP contribution in [0.4, 0.5) is 0 Å². The molecule has 0 aromatic rings. The number of hydrogen-bond acceptors (Lipinski definition) is 4. The normalized spacial score (nSPS) is 13.1. The van der Waals surface area contributed by atoms with Gasteiger partial charge in [-0.3, -0.25) is 4.79 Å². The van der Waals surface area contributed by atoms with Gasteiger partial charge in [-0.15, -0.1) is 0 Å². The molecule has 4 N–H and O–H groups in total. The quantitative estimate of drug-likeness (QED) is 0.0458. The highest BCUT2D eigenvalue weighted by Gasteiger charge is 2.21. The maximum Gasteiger partial charge on any atom is 0.222 e. The van der Waals surface area contributed by atoms with Crippen LogP contribution in [-0.4, -0.2) is 46.1 Å².